The molecule has 2 rings (SSSR count). The summed E-state index contributed by atoms with van der Waals surface area (Å²) in [6.07, 6.45) is 0. The van der Waals surface area contributed by atoms with Crippen LogP contribution in [0.15, 0.2) is 48.5 Å². The Bertz CT molecular complexity index is 578. The van der Waals surface area contributed by atoms with E-state index in [0.29, 0.717) is 0 Å². The summed E-state index contributed by atoms with van der Waals surface area (Å²) in [7, 11) is 0. The molecule has 2 nitrogen and oxygen atoms in total. The zero-order chi connectivity index (χ0) is 14.0. The number of hydrogen-bond acceptors (Lipinski definition) is 1. The Morgan fingerprint density at radius 3 is 1.74 bits per heavy atom. The fourth-order valence-electron chi connectivity index (χ4n) is 1.95. The monoisotopic (exact) mass is 254 g/mol. The van der Waals surface area contributed by atoms with E-state index in [-0.39, 0.29) is 0 Å². The number of hydrogen-bond donors (Lipinski definition) is 1. The summed E-state index contributed by atoms with van der Waals surface area (Å²) >= 11 is 0. The average Bonchev–Trinajstić information content (AvgIpc) is 2.39. The van der Waals surface area contributed by atoms with E-state index in [9.17, 15) is 9.90 Å². The van der Waals surface area contributed by atoms with E-state index < -0.39 is 11.4 Å². The van der Waals surface area contributed by atoms with Crippen LogP contribution in [0.1, 0.15) is 25.0 Å². The van der Waals surface area contributed by atoms with Gasteiger partial charge in [0.2, 0.25) is 0 Å². The van der Waals surface area contributed by atoms with Crippen LogP contribution >= 0.6 is 0 Å². The van der Waals surface area contributed by atoms with Crippen molar-refractivity contribution in [2.75, 3.05) is 0 Å². The van der Waals surface area contributed by atoms with E-state index in [1.54, 1.807) is 13.8 Å². The molecule has 2 aromatic carbocycles. The topological polar surface area (TPSA) is 37.3 Å². The van der Waals surface area contributed by atoms with Gasteiger partial charge in [0, 0.05) is 0 Å². The van der Waals surface area contributed by atoms with Crippen LogP contribution in [0.25, 0.3) is 11.1 Å². The molecule has 0 unspecified atom stereocenters. The SMILES string of the molecule is Cc1ccc(-c2ccc(C(C)(C)C(=O)O)cc2)cc1. The number of carboxylic acid groups (broad SMARTS) is 1. The Morgan fingerprint density at radius 2 is 1.32 bits per heavy atom. The Hall–Kier alpha value is -2.09. The van der Waals surface area contributed by atoms with Crippen LogP contribution in [0.2, 0.25) is 0 Å². The lowest BCUT2D eigenvalue weighted by molar-refractivity contribution is -0.142. The molecule has 2 heteroatoms. The molecule has 0 aliphatic heterocycles. The van der Waals surface area contributed by atoms with Gasteiger partial charge >= 0.3 is 5.97 Å². The predicted molar refractivity (Wildman–Crippen MR) is 77.3 cm³/mol. The number of rotatable bonds is 3. The molecule has 0 amide bonds. The molecule has 0 radical (unpaired) electrons. The number of aryl methyl sites for hydroxylation is 1. The van der Waals surface area contributed by atoms with Gasteiger partial charge in [0.05, 0.1) is 5.41 Å². The molecular weight excluding hydrogens is 236 g/mol. The van der Waals surface area contributed by atoms with E-state index in [1.807, 2.05) is 24.3 Å². The van der Waals surface area contributed by atoms with Gasteiger partial charge in [-0.05, 0) is 37.5 Å². The molecule has 0 bridgehead atoms. The minimum absolute atomic E-state index is 0.810. The summed E-state index contributed by atoms with van der Waals surface area (Å²) in [6.45, 7) is 5.49. The maximum atomic E-state index is 11.2. The molecule has 19 heavy (non-hydrogen) atoms. The van der Waals surface area contributed by atoms with Gasteiger partial charge in [-0.15, -0.1) is 0 Å². The smallest absolute Gasteiger partial charge is 0.313 e. The molecule has 0 aromatic heterocycles. The molecule has 0 heterocycles. The number of carbonyl (C=O) groups is 1. The van der Waals surface area contributed by atoms with Crippen molar-refractivity contribution in [3.63, 3.8) is 0 Å². The van der Waals surface area contributed by atoms with Gasteiger partial charge in [0.25, 0.3) is 0 Å². The fourth-order valence-corrected chi connectivity index (χ4v) is 1.95. The van der Waals surface area contributed by atoms with Crippen LogP contribution in [0.4, 0.5) is 0 Å². The molecule has 98 valence electrons. The lowest BCUT2D eigenvalue weighted by Crippen LogP contribution is -2.28. The zero-order valence-electron chi connectivity index (χ0n) is 11.5. The zero-order valence-corrected chi connectivity index (χ0v) is 11.5. The largest absolute Gasteiger partial charge is 0.481 e. The third kappa shape index (κ3) is 2.68. The van der Waals surface area contributed by atoms with Crippen molar-refractivity contribution in [1.29, 1.82) is 0 Å². The molecule has 0 saturated heterocycles. The average molecular weight is 254 g/mol. The van der Waals surface area contributed by atoms with Crippen molar-refractivity contribution in [3.8, 4) is 11.1 Å². The Balaban J connectivity index is 2.33. The van der Waals surface area contributed by atoms with Crippen LogP contribution in [0.5, 0.6) is 0 Å². The minimum Gasteiger partial charge on any atom is -0.481 e. The molecule has 0 spiro atoms. The van der Waals surface area contributed by atoms with Gasteiger partial charge < -0.3 is 5.11 Å². The Kier molecular flexibility index (Phi) is 3.43. The highest BCUT2D eigenvalue weighted by Gasteiger charge is 2.29. The van der Waals surface area contributed by atoms with Crippen molar-refractivity contribution in [1.82, 2.24) is 0 Å². The van der Waals surface area contributed by atoms with E-state index in [1.165, 1.54) is 5.56 Å². The van der Waals surface area contributed by atoms with Gasteiger partial charge in [-0.2, -0.15) is 0 Å². The highest BCUT2D eigenvalue weighted by atomic mass is 16.4. The first-order chi connectivity index (χ1) is 8.91. The fraction of sp³-hybridized carbons (Fsp3) is 0.235. The first-order valence-corrected chi connectivity index (χ1v) is 6.32. The minimum atomic E-state index is -0.855. The van der Waals surface area contributed by atoms with Crippen LogP contribution in [0.3, 0.4) is 0 Å². The second kappa shape index (κ2) is 4.88. The number of carboxylic acids is 1. The third-order valence-corrected chi connectivity index (χ3v) is 3.53. The summed E-state index contributed by atoms with van der Waals surface area (Å²) in [6, 6.07) is 16.0. The number of aliphatic carboxylic acids is 1. The third-order valence-electron chi connectivity index (χ3n) is 3.53. The van der Waals surface area contributed by atoms with Crippen molar-refractivity contribution in [3.05, 3.63) is 59.7 Å². The Labute approximate surface area is 113 Å². The lowest BCUT2D eigenvalue weighted by Gasteiger charge is -2.19. The molecule has 0 fully saturated rings. The quantitative estimate of drug-likeness (QED) is 0.898. The van der Waals surface area contributed by atoms with Crippen LogP contribution in [-0.2, 0) is 10.2 Å². The Morgan fingerprint density at radius 1 is 0.895 bits per heavy atom. The van der Waals surface area contributed by atoms with Crippen LogP contribution in [0, 0.1) is 6.92 Å². The summed E-state index contributed by atoms with van der Waals surface area (Å²) in [5.41, 5.74) is 3.43. The van der Waals surface area contributed by atoms with E-state index in [0.717, 1.165) is 16.7 Å². The number of benzene rings is 2. The van der Waals surface area contributed by atoms with E-state index in [2.05, 4.69) is 31.2 Å². The van der Waals surface area contributed by atoms with Gasteiger partial charge in [-0.3, -0.25) is 4.79 Å². The first-order valence-electron chi connectivity index (χ1n) is 6.32. The van der Waals surface area contributed by atoms with Crippen molar-refractivity contribution in [2.24, 2.45) is 0 Å². The van der Waals surface area contributed by atoms with Crippen molar-refractivity contribution in [2.45, 2.75) is 26.2 Å². The molecule has 1 N–H and O–H groups in total. The summed E-state index contributed by atoms with van der Waals surface area (Å²) in [5.74, 6) is -0.810. The van der Waals surface area contributed by atoms with Crippen LogP contribution in [-0.4, -0.2) is 11.1 Å². The molecule has 2 aromatic rings. The van der Waals surface area contributed by atoms with E-state index >= 15 is 0 Å². The predicted octanol–water partition coefficient (Wildman–Crippen LogP) is 4.02. The first kappa shape index (κ1) is 13.3. The van der Waals surface area contributed by atoms with E-state index in [4.69, 9.17) is 0 Å². The standard InChI is InChI=1S/C17H18O2/c1-12-4-6-13(7-5-12)14-8-10-15(11-9-14)17(2,3)16(18)19/h4-11H,1-3H3,(H,18,19). The van der Waals surface area contributed by atoms with Gasteiger partial charge in [-0.25, -0.2) is 0 Å². The molecule has 0 atom stereocenters. The van der Waals surface area contributed by atoms with Crippen LogP contribution < -0.4 is 0 Å². The molecule has 0 aliphatic rings. The van der Waals surface area contributed by atoms with Gasteiger partial charge in [-0.1, -0.05) is 54.1 Å². The summed E-state index contributed by atoms with van der Waals surface area (Å²) < 4.78 is 0. The maximum Gasteiger partial charge on any atom is 0.313 e. The normalized spacial score (nSPS) is 11.3. The van der Waals surface area contributed by atoms with Gasteiger partial charge in [0.15, 0.2) is 0 Å². The molecular formula is C17H18O2. The second-order valence-electron chi connectivity index (χ2n) is 5.37. The highest BCUT2D eigenvalue weighted by molar-refractivity contribution is 5.80. The van der Waals surface area contributed by atoms with Crippen molar-refractivity contribution >= 4 is 5.97 Å². The van der Waals surface area contributed by atoms with Gasteiger partial charge in [0.1, 0.15) is 0 Å². The highest BCUT2D eigenvalue weighted by Crippen LogP contribution is 2.27. The maximum absolute atomic E-state index is 11.2. The van der Waals surface area contributed by atoms with Crippen molar-refractivity contribution < 1.29 is 9.90 Å². The summed E-state index contributed by atoms with van der Waals surface area (Å²) in [5, 5.41) is 9.21. The molecule has 0 aliphatic carbocycles. The summed E-state index contributed by atoms with van der Waals surface area (Å²) in [4.78, 5) is 11.2. The second-order valence-corrected chi connectivity index (χ2v) is 5.37. The lowest BCUT2D eigenvalue weighted by atomic mass is 9.84. The molecule has 0 saturated carbocycles.